The number of piperazine rings is 1. The highest BCUT2D eigenvalue weighted by Crippen LogP contribution is 2.21. The zero-order chi connectivity index (χ0) is 13.5. The maximum Gasteiger partial charge on any atom is 0.128 e. The Morgan fingerprint density at radius 1 is 1.42 bits per heavy atom. The van der Waals surface area contributed by atoms with Crippen LogP contribution in [0.3, 0.4) is 0 Å². The highest BCUT2D eigenvalue weighted by atomic mass is 16.5. The lowest BCUT2D eigenvalue weighted by atomic mass is 10.2. The van der Waals surface area contributed by atoms with E-state index in [1.54, 1.807) is 19.4 Å². The summed E-state index contributed by atoms with van der Waals surface area (Å²) in [6.07, 6.45) is 1.72. The van der Waals surface area contributed by atoms with Gasteiger partial charge in [0, 0.05) is 50.6 Å². The average Bonchev–Trinajstić information content (AvgIpc) is 2.46. The van der Waals surface area contributed by atoms with Gasteiger partial charge in [-0.05, 0) is 12.1 Å². The minimum absolute atomic E-state index is 0.199. The molecule has 1 aromatic rings. The van der Waals surface area contributed by atoms with Gasteiger partial charge in [0.05, 0.1) is 13.7 Å². The largest absolute Gasteiger partial charge is 0.507 e. The number of ether oxygens (including phenoxy) is 1. The first kappa shape index (κ1) is 13.8. The van der Waals surface area contributed by atoms with Gasteiger partial charge in [-0.1, -0.05) is 0 Å². The van der Waals surface area contributed by atoms with Gasteiger partial charge in [-0.3, -0.25) is 9.89 Å². The normalized spacial score (nSPS) is 16.9. The van der Waals surface area contributed by atoms with Gasteiger partial charge < -0.3 is 15.2 Å². The van der Waals surface area contributed by atoms with Crippen LogP contribution in [0.5, 0.6) is 11.5 Å². The smallest absolute Gasteiger partial charge is 0.128 e. The second-order valence-corrected chi connectivity index (χ2v) is 4.55. The summed E-state index contributed by atoms with van der Waals surface area (Å²) in [5.74, 6) is 0.848. The zero-order valence-corrected chi connectivity index (χ0v) is 11.3. The van der Waals surface area contributed by atoms with Gasteiger partial charge in [-0.2, -0.15) is 0 Å². The van der Waals surface area contributed by atoms with Crippen molar-refractivity contribution in [1.82, 2.24) is 10.2 Å². The van der Waals surface area contributed by atoms with E-state index in [9.17, 15) is 5.11 Å². The van der Waals surface area contributed by atoms with E-state index in [4.69, 9.17) is 4.74 Å². The van der Waals surface area contributed by atoms with Crippen molar-refractivity contribution in [3.63, 3.8) is 0 Å². The molecule has 0 bridgehead atoms. The van der Waals surface area contributed by atoms with Crippen molar-refractivity contribution in [2.45, 2.75) is 0 Å². The van der Waals surface area contributed by atoms with Crippen molar-refractivity contribution in [2.75, 3.05) is 46.4 Å². The summed E-state index contributed by atoms with van der Waals surface area (Å²) in [6.45, 7) is 6.01. The van der Waals surface area contributed by atoms with Gasteiger partial charge >= 0.3 is 0 Å². The first-order chi connectivity index (χ1) is 9.29. The predicted octanol–water partition coefficient (Wildman–Crippen LogP) is 0.725. The van der Waals surface area contributed by atoms with Crippen LogP contribution >= 0.6 is 0 Å². The topological polar surface area (TPSA) is 57.1 Å². The lowest BCUT2D eigenvalue weighted by molar-refractivity contribution is 0.248. The number of phenols is 1. The average molecular weight is 263 g/mol. The number of phenolic OH excluding ortho intramolecular Hbond substituents is 1. The molecular formula is C14H21N3O2. The molecule has 0 aliphatic carbocycles. The summed E-state index contributed by atoms with van der Waals surface area (Å²) in [5, 5.41) is 13.1. The minimum Gasteiger partial charge on any atom is -0.507 e. The second kappa shape index (κ2) is 7.11. The molecule has 1 aliphatic heterocycles. The molecule has 0 aromatic heterocycles. The van der Waals surface area contributed by atoms with Gasteiger partial charge in [0.25, 0.3) is 0 Å². The number of methoxy groups -OCH3 is 1. The molecule has 19 heavy (non-hydrogen) atoms. The molecule has 0 amide bonds. The maximum absolute atomic E-state index is 9.78. The van der Waals surface area contributed by atoms with E-state index in [1.165, 1.54) is 0 Å². The van der Waals surface area contributed by atoms with Crippen LogP contribution in [0.25, 0.3) is 0 Å². The van der Waals surface area contributed by atoms with E-state index >= 15 is 0 Å². The van der Waals surface area contributed by atoms with Crippen LogP contribution < -0.4 is 10.1 Å². The summed E-state index contributed by atoms with van der Waals surface area (Å²) in [6, 6.07) is 5.22. The minimum atomic E-state index is 0.199. The summed E-state index contributed by atoms with van der Waals surface area (Å²) < 4.78 is 5.04. The van der Waals surface area contributed by atoms with Crippen LogP contribution in [0.1, 0.15) is 5.56 Å². The van der Waals surface area contributed by atoms with E-state index in [0.29, 0.717) is 5.75 Å². The third-order valence-corrected chi connectivity index (χ3v) is 3.22. The van der Waals surface area contributed by atoms with Crippen molar-refractivity contribution in [2.24, 2.45) is 4.99 Å². The molecule has 0 spiro atoms. The lowest BCUT2D eigenvalue weighted by Gasteiger charge is -2.26. The Bertz CT molecular complexity index is 429. The number of nitrogens with one attached hydrogen (secondary N) is 1. The number of hydrogen-bond acceptors (Lipinski definition) is 5. The fourth-order valence-corrected chi connectivity index (χ4v) is 2.06. The molecule has 1 saturated heterocycles. The highest BCUT2D eigenvalue weighted by molar-refractivity contribution is 5.83. The molecule has 0 saturated carbocycles. The van der Waals surface area contributed by atoms with Crippen molar-refractivity contribution in [3.8, 4) is 11.5 Å². The van der Waals surface area contributed by atoms with Crippen LogP contribution in [0.2, 0.25) is 0 Å². The van der Waals surface area contributed by atoms with E-state index in [-0.39, 0.29) is 5.75 Å². The van der Waals surface area contributed by atoms with Crippen LogP contribution in [-0.2, 0) is 0 Å². The standard InChI is InChI=1S/C14H21N3O2/c1-19-13-3-2-12(14(18)10-13)11-16-6-9-17-7-4-15-5-8-17/h2-3,10-11,15,18H,4-9H2,1H3. The first-order valence-corrected chi connectivity index (χ1v) is 6.59. The number of benzene rings is 1. The number of aromatic hydroxyl groups is 1. The van der Waals surface area contributed by atoms with Crippen molar-refractivity contribution >= 4 is 6.21 Å². The molecule has 1 heterocycles. The molecule has 0 radical (unpaired) electrons. The summed E-state index contributed by atoms with van der Waals surface area (Å²) in [7, 11) is 1.58. The third-order valence-electron chi connectivity index (χ3n) is 3.22. The van der Waals surface area contributed by atoms with Crippen molar-refractivity contribution in [1.29, 1.82) is 0 Å². The van der Waals surface area contributed by atoms with E-state index in [2.05, 4.69) is 15.2 Å². The fraction of sp³-hybridized carbons (Fsp3) is 0.500. The Morgan fingerprint density at radius 3 is 2.89 bits per heavy atom. The van der Waals surface area contributed by atoms with E-state index < -0.39 is 0 Å². The monoisotopic (exact) mass is 263 g/mol. The number of nitrogens with zero attached hydrogens (tertiary/aromatic N) is 2. The molecule has 2 N–H and O–H groups in total. The Balaban J connectivity index is 1.81. The molecule has 1 aromatic carbocycles. The van der Waals surface area contributed by atoms with E-state index in [0.717, 1.165) is 44.8 Å². The third kappa shape index (κ3) is 4.22. The van der Waals surface area contributed by atoms with Crippen LogP contribution in [0.15, 0.2) is 23.2 Å². The quantitative estimate of drug-likeness (QED) is 0.769. The molecule has 0 unspecified atom stereocenters. The SMILES string of the molecule is COc1ccc(C=NCCN2CCNCC2)c(O)c1. The highest BCUT2D eigenvalue weighted by Gasteiger charge is 2.07. The molecule has 1 aliphatic rings. The zero-order valence-electron chi connectivity index (χ0n) is 11.3. The molecule has 0 atom stereocenters. The van der Waals surface area contributed by atoms with Crippen molar-refractivity contribution in [3.05, 3.63) is 23.8 Å². The van der Waals surface area contributed by atoms with Gasteiger partial charge in [-0.15, -0.1) is 0 Å². The molecule has 104 valence electrons. The summed E-state index contributed by atoms with van der Waals surface area (Å²) >= 11 is 0. The summed E-state index contributed by atoms with van der Waals surface area (Å²) in [5.41, 5.74) is 0.723. The van der Waals surface area contributed by atoms with Gasteiger partial charge in [0.15, 0.2) is 0 Å². The first-order valence-electron chi connectivity index (χ1n) is 6.59. The Morgan fingerprint density at radius 2 is 2.21 bits per heavy atom. The fourth-order valence-electron chi connectivity index (χ4n) is 2.06. The van der Waals surface area contributed by atoms with Crippen molar-refractivity contribution < 1.29 is 9.84 Å². The molecule has 1 fully saturated rings. The van der Waals surface area contributed by atoms with Crippen LogP contribution in [0.4, 0.5) is 0 Å². The molecular weight excluding hydrogens is 242 g/mol. The Hall–Kier alpha value is -1.59. The maximum atomic E-state index is 9.78. The summed E-state index contributed by atoms with van der Waals surface area (Å²) in [4.78, 5) is 6.75. The molecule has 5 heteroatoms. The van der Waals surface area contributed by atoms with Gasteiger partial charge in [-0.25, -0.2) is 0 Å². The Labute approximate surface area is 113 Å². The number of rotatable bonds is 5. The van der Waals surface area contributed by atoms with Crippen LogP contribution in [-0.4, -0.2) is 62.6 Å². The molecule has 5 nitrogen and oxygen atoms in total. The van der Waals surface area contributed by atoms with Gasteiger partial charge in [0.1, 0.15) is 11.5 Å². The Kier molecular flexibility index (Phi) is 5.18. The van der Waals surface area contributed by atoms with E-state index in [1.807, 2.05) is 12.1 Å². The molecule has 2 rings (SSSR count). The lowest BCUT2D eigenvalue weighted by Crippen LogP contribution is -2.44. The van der Waals surface area contributed by atoms with Gasteiger partial charge in [0.2, 0.25) is 0 Å². The predicted molar refractivity (Wildman–Crippen MR) is 76.4 cm³/mol. The van der Waals surface area contributed by atoms with Crippen LogP contribution in [0, 0.1) is 0 Å². The second-order valence-electron chi connectivity index (χ2n) is 4.55. The number of aliphatic imine (C=N–C) groups is 1. The number of hydrogen-bond donors (Lipinski definition) is 2.